The van der Waals surface area contributed by atoms with Crippen molar-refractivity contribution in [1.29, 1.82) is 0 Å². The van der Waals surface area contributed by atoms with Gasteiger partial charge in [-0.15, -0.1) is 0 Å². The van der Waals surface area contributed by atoms with E-state index in [1.807, 2.05) is 32.0 Å². The van der Waals surface area contributed by atoms with E-state index in [1.165, 1.54) is 0 Å². The van der Waals surface area contributed by atoms with E-state index in [2.05, 4.69) is 24.5 Å². The van der Waals surface area contributed by atoms with Crippen LogP contribution in [-0.2, 0) is 12.8 Å². The van der Waals surface area contributed by atoms with E-state index in [4.69, 9.17) is 0 Å². The molecule has 138 valence electrons. The minimum atomic E-state index is -0.158. The normalized spacial score (nSPS) is 10.7. The van der Waals surface area contributed by atoms with Crippen molar-refractivity contribution >= 4 is 17.5 Å². The summed E-state index contributed by atoms with van der Waals surface area (Å²) in [4.78, 5) is 24.7. The molecule has 2 amide bonds. The van der Waals surface area contributed by atoms with Crippen molar-refractivity contribution in [1.82, 2.24) is 5.32 Å². The highest BCUT2D eigenvalue weighted by Crippen LogP contribution is 2.23. The van der Waals surface area contributed by atoms with Gasteiger partial charge in [0.1, 0.15) is 0 Å². The second kappa shape index (κ2) is 9.18. The van der Waals surface area contributed by atoms with Crippen molar-refractivity contribution in [2.75, 3.05) is 11.9 Å². The highest BCUT2D eigenvalue weighted by atomic mass is 16.2. The number of rotatable bonds is 7. The van der Waals surface area contributed by atoms with Crippen LogP contribution in [0.4, 0.5) is 5.69 Å². The summed E-state index contributed by atoms with van der Waals surface area (Å²) in [6.07, 6.45) is 1.72. The average Bonchev–Trinajstić information content (AvgIpc) is 2.66. The smallest absolute Gasteiger partial charge is 0.255 e. The SMILES string of the molecule is CCc1cccc(CC)c1NC(=O)c1ccc(C(=O)NCC(C)C)cc1. The van der Waals surface area contributed by atoms with Crippen LogP contribution in [0.2, 0.25) is 0 Å². The Morgan fingerprint density at radius 1 is 0.846 bits per heavy atom. The van der Waals surface area contributed by atoms with E-state index >= 15 is 0 Å². The van der Waals surface area contributed by atoms with Crippen LogP contribution in [0.1, 0.15) is 59.5 Å². The molecule has 0 aromatic heterocycles. The highest BCUT2D eigenvalue weighted by Gasteiger charge is 2.13. The number of aryl methyl sites for hydroxylation is 2. The quantitative estimate of drug-likeness (QED) is 0.773. The minimum Gasteiger partial charge on any atom is -0.352 e. The van der Waals surface area contributed by atoms with E-state index in [0.717, 1.165) is 29.7 Å². The van der Waals surface area contributed by atoms with Gasteiger partial charge in [-0.2, -0.15) is 0 Å². The monoisotopic (exact) mass is 352 g/mol. The van der Waals surface area contributed by atoms with Crippen LogP contribution < -0.4 is 10.6 Å². The predicted octanol–water partition coefficient (Wildman–Crippen LogP) is 4.45. The van der Waals surface area contributed by atoms with E-state index in [-0.39, 0.29) is 11.8 Å². The molecule has 0 fully saturated rings. The van der Waals surface area contributed by atoms with Crippen LogP contribution in [0, 0.1) is 5.92 Å². The number of hydrogen-bond acceptors (Lipinski definition) is 2. The van der Waals surface area contributed by atoms with Gasteiger partial charge in [-0.25, -0.2) is 0 Å². The molecule has 2 aromatic rings. The zero-order valence-corrected chi connectivity index (χ0v) is 16.1. The molecule has 2 aromatic carbocycles. The summed E-state index contributed by atoms with van der Waals surface area (Å²) in [6.45, 7) is 8.89. The molecule has 0 atom stereocenters. The summed E-state index contributed by atoms with van der Waals surface area (Å²) < 4.78 is 0. The van der Waals surface area contributed by atoms with E-state index in [0.29, 0.717) is 23.6 Å². The van der Waals surface area contributed by atoms with Gasteiger partial charge in [0.05, 0.1) is 0 Å². The van der Waals surface area contributed by atoms with Gasteiger partial charge in [-0.05, 0) is 54.2 Å². The molecule has 2 rings (SSSR count). The second-order valence-electron chi connectivity index (χ2n) is 6.79. The lowest BCUT2D eigenvalue weighted by molar-refractivity contribution is 0.0947. The van der Waals surface area contributed by atoms with Crippen LogP contribution >= 0.6 is 0 Å². The predicted molar refractivity (Wildman–Crippen MR) is 107 cm³/mol. The lowest BCUT2D eigenvalue weighted by atomic mass is 10.0. The molecule has 2 N–H and O–H groups in total. The molecular formula is C22H28N2O2. The number of para-hydroxylation sites is 1. The Labute approximate surface area is 156 Å². The number of carbonyl (C=O) groups excluding carboxylic acids is 2. The molecular weight excluding hydrogens is 324 g/mol. The van der Waals surface area contributed by atoms with Crippen LogP contribution in [0.15, 0.2) is 42.5 Å². The number of nitrogens with one attached hydrogen (secondary N) is 2. The number of amides is 2. The van der Waals surface area contributed by atoms with Crippen LogP contribution in [0.25, 0.3) is 0 Å². The molecule has 0 unspecified atom stereocenters. The second-order valence-corrected chi connectivity index (χ2v) is 6.79. The first-order chi connectivity index (χ1) is 12.5. The third-order valence-electron chi connectivity index (χ3n) is 4.32. The molecule has 0 heterocycles. The zero-order valence-electron chi connectivity index (χ0n) is 16.1. The molecule has 4 heteroatoms. The van der Waals surface area contributed by atoms with Crippen molar-refractivity contribution in [3.05, 3.63) is 64.7 Å². The fraction of sp³-hybridized carbons (Fsp3) is 0.364. The summed E-state index contributed by atoms with van der Waals surface area (Å²) in [5, 5.41) is 5.92. The van der Waals surface area contributed by atoms with Gasteiger partial charge < -0.3 is 10.6 Å². The van der Waals surface area contributed by atoms with Gasteiger partial charge in [0.15, 0.2) is 0 Å². The average molecular weight is 352 g/mol. The molecule has 0 aliphatic carbocycles. The van der Waals surface area contributed by atoms with Crippen molar-refractivity contribution in [2.45, 2.75) is 40.5 Å². The third-order valence-corrected chi connectivity index (χ3v) is 4.32. The van der Waals surface area contributed by atoms with Gasteiger partial charge in [-0.1, -0.05) is 45.9 Å². The first kappa shape index (κ1) is 19.7. The molecule has 0 radical (unpaired) electrons. The van der Waals surface area contributed by atoms with Crippen molar-refractivity contribution < 1.29 is 9.59 Å². The van der Waals surface area contributed by atoms with Crippen LogP contribution in [-0.4, -0.2) is 18.4 Å². The molecule has 4 nitrogen and oxygen atoms in total. The number of benzene rings is 2. The Kier molecular flexibility index (Phi) is 6.96. The van der Waals surface area contributed by atoms with Gasteiger partial charge >= 0.3 is 0 Å². The van der Waals surface area contributed by atoms with Crippen LogP contribution in [0.5, 0.6) is 0 Å². The summed E-state index contributed by atoms with van der Waals surface area (Å²) in [5.41, 5.74) is 4.26. The Morgan fingerprint density at radius 3 is 1.81 bits per heavy atom. The Hall–Kier alpha value is -2.62. The number of anilines is 1. The molecule has 26 heavy (non-hydrogen) atoms. The Bertz CT molecular complexity index is 742. The maximum Gasteiger partial charge on any atom is 0.255 e. The summed E-state index contributed by atoms with van der Waals surface area (Å²) in [7, 11) is 0. The maximum atomic E-state index is 12.6. The minimum absolute atomic E-state index is 0.116. The summed E-state index contributed by atoms with van der Waals surface area (Å²) >= 11 is 0. The van der Waals surface area contributed by atoms with Gasteiger partial charge in [0.25, 0.3) is 11.8 Å². The Morgan fingerprint density at radius 2 is 1.35 bits per heavy atom. The third kappa shape index (κ3) is 4.94. The molecule has 0 aliphatic heterocycles. The largest absolute Gasteiger partial charge is 0.352 e. The van der Waals surface area contributed by atoms with Gasteiger partial charge in [0.2, 0.25) is 0 Å². The highest BCUT2D eigenvalue weighted by molar-refractivity contribution is 6.05. The van der Waals surface area contributed by atoms with Crippen molar-refractivity contribution in [3.63, 3.8) is 0 Å². The van der Waals surface area contributed by atoms with Crippen molar-refractivity contribution in [3.8, 4) is 0 Å². The maximum absolute atomic E-state index is 12.6. The fourth-order valence-corrected chi connectivity index (χ4v) is 2.76. The Balaban J connectivity index is 2.13. The van der Waals surface area contributed by atoms with Gasteiger partial charge in [-0.3, -0.25) is 9.59 Å². The summed E-state index contributed by atoms with van der Waals surface area (Å²) in [5.74, 6) is 0.125. The van der Waals surface area contributed by atoms with Gasteiger partial charge in [0, 0.05) is 23.4 Å². The summed E-state index contributed by atoms with van der Waals surface area (Å²) in [6, 6.07) is 12.9. The van der Waals surface area contributed by atoms with E-state index in [1.54, 1.807) is 24.3 Å². The lowest BCUT2D eigenvalue weighted by Gasteiger charge is -2.14. The first-order valence-corrected chi connectivity index (χ1v) is 9.26. The molecule has 0 aliphatic rings. The van der Waals surface area contributed by atoms with E-state index in [9.17, 15) is 9.59 Å². The molecule has 0 spiro atoms. The van der Waals surface area contributed by atoms with E-state index < -0.39 is 0 Å². The molecule has 0 saturated heterocycles. The van der Waals surface area contributed by atoms with Crippen molar-refractivity contribution in [2.24, 2.45) is 5.92 Å². The fourth-order valence-electron chi connectivity index (χ4n) is 2.76. The zero-order chi connectivity index (χ0) is 19.1. The molecule has 0 bridgehead atoms. The topological polar surface area (TPSA) is 58.2 Å². The number of carbonyl (C=O) groups is 2. The standard InChI is InChI=1S/C22H28N2O2/c1-5-16-8-7-9-17(6-2)20(16)24-22(26)19-12-10-18(11-13-19)21(25)23-14-15(3)4/h7-13,15H,5-6,14H2,1-4H3,(H,23,25)(H,24,26). The first-order valence-electron chi connectivity index (χ1n) is 9.26. The lowest BCUT2D eigenvalue weighted by Crippen LogP contribution is -2.27. The van der Waals surface area contributed by atoms with Crippen LogP contribution in [0.3, 0.4) is 0 Å². The number of hydrogen-bond donors (Lipinski definition) is 2. The molecule has 0 saturated carbocycles.